The Morgan fingerprint density at radius 2 is 1.93 bits per heavy atom. The third-order valence-electron chi connectivity index (χ3n) is 5.03. The van der Waals surface area contributed by atoms with Crippen LogP contribution in [0.5, 0.6) is 0 Å². The summed E-state index contributed by atoms with van der Waals surface area (Å²) in [4.78, 5) is 13.5. The van der Waals surface area contributed by atoms with E-state index in [1.54, 1.807) is 0 Å². The minimum absolute atomic E-state index is 0.00959. The van der Waals surface area contributed by atoms with Gasteiger partial charge in [-0.2, -0.15) is 0 Å². The highest BCUT2D eigenvalue weighted by molar-refractivity contribution is 7.12. The van der Waals surface area contributed by atoms with Gasteiger partial charge in [0.05, 0.1) is 11.1 Å². The van der Waals surface area contributed by atoms with Crippen LogP contribution in [0.4, 0.5) is 0 Å². The first kappa shape index (κ1) is 17.5. The van der Waals surface area contributed by atoms with Gasteiger partial charge in [0.25, 0.3) is 0 Å². The number of thiophene rings is 1. The molecule has 1 unspecified atom stereocenters. The largest absolute Gasteiger partial charge is 0.411 e. The fourth-order valence-electron chi connectivity index (χ4n) is 3.62. The number of carbonyl (C=O) groups is 1. The van der Waals surface area contributed by atoms with Gasteiger partial charge in [-0.1, -0.05) is 19.1 Å². The molecule has 0 aliphatic carbocycles. The van der Waals surface area contributed by atoms with Gasteiger partial charge in [0.1, 0.15) is 0 Å². The summed E-state index contributed by atoms with van der Waals surface area (Å²) < 4.78 is 2.26. The Kier molecular flexibility index (Phi) is 4.54. The second-order valence-electron chi connectivity index (χ2n) is 6.61. The number of hydrogen-bond donors (Lipinski definition) is 1. The van der Waals surface area contributed by atoms with Gasteiger partial charge >= 0.3 is 0 Å². The molecule has 0 bridgehead atoms. The number of aryl methyl sites for hydroxylation is 1. The Labute approximate surface area is 161 Å². The zero-order valence-corrected chi connectivity index (χ0v) is 16.0. The van der Waals surface area contributed by atoms with Crippen LogP contribution in [0.25, 0.3) is 21.8 Å². The second-order valence-corrected chi connectivity index (χ2v) is 7.56. The van der Waals surface area contributed by atoms with Crippen LogP contribution < -0.4 is 0 Å². The first-order valence-electron chi connectivity index (χ1n) is 8.95. The van der Waals surface area contributed by atoms with Crippen LogP contribution in [0.2, 0.25) is 0 Å². The first-order valence-corrected chi connectivity index (χ1v) is 9.83. The summed E-state index contributed by atoms with van der Waals surface area (Å²) in [6, 6.07) is 16.0. The van der Waals surface area contributed by atoms with Gasteiger partial charge in [0, 0.05) is 39.8 Å². The van der Waals surface area contributed by atoms with Crippen molar-refractivity contribution in [3.8, 4) is 0 Å². The van der Waals surface area contributed by atoms with Crippen molar-refractivity contribution in [2.45, 2.75) is 26.3 Å². The lowest BCUT2D eigenvalue weighted by atomic mass is 9.99. The second kappa shape index (κ2) is 7.00. The fourth-order valence-corrected chi connectivity index (χ4v) is 4.31. The molecule has 0 saturated heterocycles. The maximum absolute atomic E-state index is 12.8. The summed E-state index contributed by atoms with van der Waals surface area (Å²) in [5, 5.41) is 16.1. The quantitative estimate of drug-likeness (QED) is 0.211. The number of hydrogen-bond acceptors (Lipinski definition) is 4. The molecule has 0 aliphatic rings. The molecule has 0 amide bonds. The number of carbonyl (C=O) groups excluding carboxylic acids is 1. The average Bonchev–Trinajstić information content (AvgIpc) is 3.33. The molecule has 2 aromatic carbocycles. The summed E-state index contributed by atoms with van der Waals surface area (Å²) in [5.41, 5.74) is 4.04. The summed E-state index contributed by atoms with van der Waals surface area (Å²) in [5.74, 6) is 0.0663. The van der Waals surface area contributed by atoms with Gasteiger partial charge in [0.15, 0.2) is 0 Å². The summed E-state index contributed by atoms with van der Waals surface area (Å²) in [6.45, 7) is 4.97. The Bertz CT molecular complexity index is 1160. The molecule has 1 atom stereocenters. The maximum Gasteiger partial charge on any atom is 0.202 e. The van der Waals surface area contributed by atoms with Crippen LogP contribution in [-0.2, 0) is 6.54 Å². The molecule has 4 rings (SSSR count). The van der Waals surface area contributed by atoms with E-state index < -0.39 is 0 Å². The lowest BCUT2D eigenvalue weighted by Crippen LogP contribution is -1.98. The van der Waals surface area contributed by atoms with E-state index in [0.29, 0.717) is 5.56 Å². The van der Waals surface area contributed by atoms with E-state index in [9.17, 15) is 4.79 Å². The van der Waals surface area contributed by atoms with E-state index in [1.165, 1.54) is 17.6 Å². The van der Waals surface area contributed by atoms with Gasteiger partial charge in [-0.25, -0.2) is 0 Å². The van der Waals surface area contributed by atoms with Crippen LogP contribution in [0.1, 0.15) is 40.6 Å². The highest BCUT2D eigenvalue weighted by atomic mass is 32.1. The van der Waals surface area contributed by atoms with Crippen LogP contribution in [0.3, 0.4) is 0 Å². The third kappa shape index (κ3) is 2.94. The molecule has 4 aromatic rings. The van der Waals surface area contributed by atoms with Gasteiger partial charge in [-0.3, -0.25) is 4.79 Å². The molecule has 27 heavy (non-hydrogen) atoms. The molecule has 4 nitrogen and oxygen atoms in total. The van der Waals surface area contributed by atoms with Crippen LogP contribution >= 0.6 is 11.3 Å². The molecule has 2 heterocycles. The maximum atomic E-state index is 12.8. The zero-order valence-electron chi connectivity index (χ0n) is 15.2. The Balaban J connectivity index is 1.94. The van der Waals surface area contributed by atoms with Crippen LogP contribution in [0, 0.1) is 0 Å². The molecule has 1 N–H and O–H groups in total. The van der Waals surface area contributed by atoms with E-state index in [1.807, 2.05) is 42.6 Å². The highest BCUT2D eigenvalue weighted by Crippen LogP contribution is 2.32. The monoisotopic (exact) mass is 376 g/mol. The SMILES string of the molecule is CCn1c2ccc(C(=O)c3cccs3)cc2c2cc(C(C)C=NO)ccc21. The standard InChI is InChI=1S/C22H20N2O2S/c1-3-24-19-8-6-15(14(2)13-23-26)11-17(19)18-12-16(7-9-20(18)24)22(25)21-5-4-10-27-21/h4-14,26H,3H2,1-2H3. The van der Waals surface area contributed by atoms with Crippen LogP contribution in [-0.4, -0.2) is 21.8 Å². The number of oxime groups is 1. The molecule has 5 heteroatoms. The molecule has 0 saturated carbocycles. The summed E-state index contributed by atoms with van der Waals surface area (Å²) in [6.07, 6.45) is 1.52. The third-order valence-corrected chi connectivity index (χ3v) is 5.90. The number of benzene rings is 2. The Hall–Kier alpha value is -2.92. The van der Waals surface area contributed by atoms with Gasteiger partial charge in [0.2, 0.25) is 5.78 Å². The van der Waals surface area contributed by atoms with E-state index in [4.69, 9.17) is 5.21 Å². The highest BCUT2D eigenvalue weighted by Gasteiger charge is 2.16. The average molecular weight is 376 g/mol. The number of nitrogens with zero attached hydrogens (tertiary/aromatic N) is 2. The number of rotatable bonds is 5. The minimum atomic E-state index is 0.00959. The van der Waals surface area contributed by atoms with E-state index in [2.05, 4.69) is 34.8 Å². The number of aromatic nitrogens is 1. The van der Waals surface area contributed by atoms with E-state index in [0.717, 1.165) is 38.8 Å². The molecular formula is C22H20N2O2S. The number of fused-ring (bicyclic) bond motifs is 3. The van der Waals surface area contributed by atoms with E-state index in [-0.39, 0.29) is 11.7 Å². The van der Waals surface area contributed by atoms with E-state index >= 15 is 0 Å². The fraction of sp³-hybridized carbons (Fsp3) is 0.182. The van der Waals surface area contributed by atoms with Crippen LogP contribution in [0.15, 0.2) is 59.1 Å². The Morgan fingerprint density at radius 3 is 2.59 bits per heavy atom. The van der Waals surface area contributed by atoms with Crippen molar-refractivity contribution in [1.29, 1.82) is 0 Å². The summed E-state index contributed by atoms with van der Waals surface area (Å²) >= 11 is 1.46. The van der Waals surface area contributed by atoms with Crippen molar-refractivity contribution < 1.29 is 10.0 Å². The van der Waals surface area contributed by atoms with Crippen molar-refractivity contribution in [3.05, 3.63) is 69.9 Å². The van der Waals surface area contributed by atoms with Gasteiger partial charge in [-0.05, 0) is 54.3 Å². The topological polar surface area (TPSA) is 54.6 Å². The normalized spacial score (nSPS) is 13.0. The van der Waals surface area contributed by atoms with Crippen molar-refractivity contribution in [2.75, 3.05) is 0 Å². The van der Waals surface area contributed by atoms with Crippen molar-refractivity contribution in [2.24, 2.45) is 5.16 Å². The smallest absolute Gasteiger partial charge is 0.202 e. The molecule has 0 aliphatic heterocycles. The first-order chi connectivity index (χ1) is 13.1. The summed E-state index contributed by atoms with van der Waals surface area (Å²) in [7, 11) is 0. The van der Waals surface area contributed by atoms with Gasteiger partial charge in [-0.15, -0.1) is 16.5 Å². The van der Waals surface area contributed by atoms with Crippen molar-refractivity contribution in [3.63, 3.8) is 0 Å². The molecule has 136 valence electrons. The van der Waals surface area contributed by atoms with Gasteiger partial charge < -0.3 is 9.77 Å². The molecule has 0 fully saturated rings. The van der Waals surface area contributed by atoms with Crippen molar-refractivity contribution in [1.82, 2.24) is 4.57 Å². The minimum Gasteiger partial charge on any atom is -0.411 e. The Morgan fingerprint density at radius 1 is 1.19 bits per heavy atom. The lowest BCUT2D eigenvalue weighted by molar-refractivity contribution is 0.104. The zero-order chi connectivity index (χ0) is 19.0. The van der Waals surface area contributed by atoms with Crippen molar-refractivity contribution >= 4 is 45.1 Å². The molecule has 2 aromatic heterocycles. The molecular weight excluding hydrogens is 356 g/mol. The lowest BCUT2D eigenvalue weighted by Gasteiger charge is -2.07. The number of ketones is 1. The molecule has 0 radical (unpaired) electrons. The molecule has 0 spiro atoms. The predicted octanol–water partition coefficient (Wildman–Crippen LogP) is 5.67. The predicted molar refractivity (Wildman–Crippen MR) is 112 cm³/mol.